The lowest BCUT2D eigenvalue weighted by atomic mass is 10.4. The van der Waals surface area contributed by atoms with E-state index >= 15 is 0 Å². The number of amides is 2. The van der Waals surface area contributed by atoms with Crippen LogP contribution in [0.1, 0.15) is 13.3 Å². The van der Waals surface area contributed by atoms with Crippen LogP contribution in [0.5, 0.6) is 0 Å². The van der Waals surface area contributed by atoms with Crippen molar-refractivity contribution in [3.8, 4) is 0 Å². The minimum absolute atomic E-state index is 0.133. The van der Waals surface area contributed by atoms with Crippen LogP contribution in [0.25, 0.3) is 0 Å². The normalized spacial score (nSPS) is 9.57. The van der Waals surface area contributed by atoms with Crippen molar-refractivity contribution >= 4 is 11.7 Å². The number of pyridine rings is 1. The van der Waals surface area contributed by atoms with Gasteiger partial charge in [-0.15, -0.1) is 0 Å². The Balaban J connectivity index is 2.52. The fourth-order valence-electron chi connectivity index (χ4n) is 0.882. The Morgan fingerprint density at radius 2 is 2.43 bits per heavy atom. The zero-order chi connectivity index (χ0) is 10.4. The molecule has 0 aromatic carbocycles. The topological polar surface area (TPSA) is 54.0 Å². The lowest BCUT2D eigenvalue weighted by molar-refractivity contribution is 0.252. The van der Waals surface area contributed by atoms with Gasteiger partial charge >= 0.3 is 6.03 Å². The highest BCUT2D eigenvalue weighted by Crippen LogP contribution is 2.09. The molecule has 0 spiro atoms. The summed E-state index contributed by atoms with van der Waals surface area (Å²) in [6, 6.07) is 0.998. The number of aromatic nitrogens is 1. The van der Waals surface area contributed by atoms with Crippen molar-refractivity contribution in [2.45, 2.75) is 13.3 Å². The van der Waals surface area contributed by atoms with Gasteiger partial charge in [-0.05, 0) is 12.5 Å². The highest BCUT2D eigenvalue weighted by Gasteiger charge is 2.04. The molecule has 0 aliphatic heterocycles. The molecular formula is C9H12FN3O. The smallest absolute Gasteiger partial charge is 0.319 e. The molecule has 0 saturated heterocycles. The van der Waals surface area contributed by atoms with E-state index in [4.69, 9.17) is 0 Å². The summed E-state index contributed by atoms with van der Waals surface area (Å²) in [6.45, 7) is 2.51. The fourth-order valence-corrected chi connectivity index (χ4v) is 0.882. The first kappa shape index (κ1) is 10.4. The van der Waals surface area contributed by atoms with Crippen molar-refractivity contribution in [2.24, 2.45) is 0 Å². The molecule has 0 unspecified atom stereocenters. The third-order valence-corrected chi connectivity index (χ3v) is 1.56. The summed E-state index contributed by atoms with van der Waals surface area (Å²) in [7, 11) is 0. The maximum absolute atomic E-state index is 13.0. The third kappa shape index (κ3) is 3.01. The van der Waals surface area contributed by atoms with Gasteiger partial charge in [0.25, 0.3) is 0 Å². The van der Waals surface area contributed by atoms with Crippen LogP contribution >= 0.6 is 0 Å². The summed E-state index contributed by atoms with van der Waals surface area (Å²) >= 11 is 0. The van der Waals surface area contributed by atoms with Gasteiger partial charge in [0.05, 0.1) is 11.9 Å². The monoisotopic (exact) mass is 197 g/mol. The number of hydrogen-bond donors (Lipinski definition) is 2. The van der Waals surface area contributed by atoms with E-state index in [0.717, 1.165) is 12.6 Å². The maximum Gasteiger partial charge on any atom is 0.319 e. The molecular weight excluding hydrogens is 185 g/mol. The highest BCUT2D eigenvalue weighted by molar-refractivity contribution is 5.89. The minimum Gasteiger partial charge on any atom is -0.338 e. The summed E-state index contributed by atoms with van der Waals surface area (Å²) in [6.07, 6.45) is 3.31. The van der Waals surface area contributed by atoms with Gasteiger partial charge in [0.15, 0.2) is 5.82 Å². The number of anilines is 1. The van der Waals surface area contributed by atoms with Crippen LogP contribution in [-0.4, -0.2) is 17.6 Å². The van der Waals surface area contributed by atoms with Gasteiger partial charge in [0.2, 0.25) is 0 Å². The maximum atomic E-state index is 13.0. The van der Waals surface area contributed by atoms with E-state index in [1.54, 1.807) is 0 Å². The van der Waals surface area contributed by atoms with Crippen molar-refractivity contribution in [1.29, 1.82) is 0 Å². The van der Waals surface area contributed by atoms with E-state index in [2.05, 4.69) is 15.6 Å². The predicted molar refractivity (Wildman–Crippen MR) is 51.5 cm³/mol. The van der Waals surface area contributed by atoms with Gasteiger partial charge in [-0.1, -0.05) is 6.92 Å². The summed E-state index contributed by atoms with van der Waals surface area (Å²) in [5, 5.41) is 4.95. The van der Waals surface area contributed by atoms with Gasteiger partial charge in [0, 0.05) is 12.7 Å². The molecule has 1 heterocycles. The van der Waals surface area contributed by atoms with Crippen LogP contribution in [0.4, 0.5) is 14.9 Å². The first-order valence-corrected chi connectivity index (χ1v) is 4.38. The molecule has 0 bridgehead atoms. The van der Waals surface area contributed by atoms with Crippen LogP contribution in [0.15, 0.2) is 18.5 Å². The van der Waals surface area contributed by atoms with Crippen LogP contribution in [0.3, 0.4) is 0 Å². The van der Waals surface area contributed by atoms with E-state index < -0.39 is 11.8 Å². The van der Waals surface area contributed by atoms with Gasteiger partial charge in [-0.3, -0.25) is 4.98 Å². The lowest BCUT2D eigenvalue weighted by Gasteiger charge is -2.06. The van der Waals surface area contributed by atoms with Gasteiger partial charge in [-0.2, -0.15) is 0 Å². The summed E-state index contributed by atoms with van der Waals surface area (Å²) in [4.78, 5) is 14.7. The second kappa shape index (κ2) is 5.16. The van der Waals surface area contributed by atoms with Gasteiger partial charge in [0.1, 0.15) is 0 Å². The van der Waals surface area contributed by atoms with E-state index in [-0.39, 0.29) is 5.69 Å². The van der Waals surface area contributed by atoms with Crippen molar-refractivity contribution in [3.63, 3.8) is 0 Å². The first-order chi connectivity index (χ1) is 6.74. The quantitative estimate of drug-likeness (QED) is 0.775. The molecule has 4 nitrogen and oxygen atoms in total. The molecule has 0 atom stereocenters. The lowest BCUT2D eigenvalue weighted by Crippen LogP contribution is -2.29. The molecule has 1 rings (SSSR count). The number of rotatable bonds is 3. The second-order valence-electron chi connectivity index (χ2n) is 2.74. The number of urea groups is 1. The number of carbonyl (C=O) groups is 1. The number of nitrogens with zero attached hydrogens (tertiary/aromatic N) is 1. The van der Waals surface area contributed by atoms with Crippen molar-refractivity contribution in [1.82, 2.24) is 10.3 Å². The Hall–Kier alpha value is -1.65. The number of hydrogen-bond acceptors (Lipinski definition) is 2. The van der Waals surface area contributed by atoms with Gasteiger partial charge in [-0.25, -0.2) is 9.18 Å². The van der Waals surface area contributed by atoms with Crippen LogP contribution in [0, 0.1) is 5.82 Å². The number of halogens is 1. The largest absolute Gasteiger partial charge is 0.338 e. The SMILES string of the molecule is CCCNC(=O)Nc1ccncc1F. The Labute approximate surface area is 81.5 Å². The minimum atomic E-state index is -0.542. The average Bonchev–Trinajstić information content (AvgIpc) is 2.18. The van der Waals surface area contributed by atoms with E-state index in [0.29, 0.717) is 6.54 Å². The van der Waals surface area contributed by atoms with E-state index in [9.17, 15) is 9.18 Å². The van der Waals surface area contributed by atoms with Crippen molar-refractivity contribution < 1.29 is 9.18 Å². The molecule has 0 saturated carbocycles. The van der Waals surface area contributed by atoms with E-state index in [1.165, 1.54) is 12.3 Å². The van der Waals surface area contributed by atoms with E-state index in [1.807, 2.05) is 6.92 Å². The fraction of sp³-hybridized carbons (Fsp3) is 0.333. The second-order valence-corrected chi connectivity index (χ2v) is 2.74. The zero-order valence-corrected chi connectivity index (χ0v) is 7.88. The summed E-state index contributed by atoms with van der Waals surface area (Å²) < 4.78 is 13.0. The van der Waals surface area contributed by atoms with Crippen molar-refractivity contribution in [2.75, 3.05) is 11.9 Å². The standard InChI is InChI=1S/C9H12FN3O/c1-2-4-12-9(14)13-8-3-5-11-6-7(8)10/h3,5-6H,2,4H2,1H3,(H2,11,12,13,14). The summed E-state index contributed by atoms with van der Waals surface area (Å²) in [5.74, 6) is -0.542. The zero-order valence-electron chi connectivity index (χ0n) is 7.88. The molecule has 0 radical (unpaired) electrons. The Morgan fingerprint density at radius 1 is 1.64 bits per heavy atom. The molecule has 1 aromatic heterocycles. The molecule has 2 amide bonds. The van der Waals surface area contributed by atoms with Crippen LogP contribution in [-0.2, 0) is 0 Å². The molecule has 5 heteroatoms. The van der Waals surface area contributed by atoms with Crippen molar-refractivity contribution in [3.05, 3.63) is 24.3 Å². The van der Waals surface area contributed by atoms with Gasteiger partial charge < -0.3 is 10.6 Å². The molecule has 14 heavy (non-hydrogen) atoms. The number of nitrogens with one attached hydrogen (secondary N) is 2. The highest BCUT2D eigenvalue weighted by atomic mass is 19.1. The molecule has 0 fully saturated rings. The predicted octanol–water partition coefficient (Wildman–Crippen LogP) is 1.75. The molecule has 0 aliphatic carbocycles. The Bertz CT molecular complexity index is 317. The molecule has 1 aromatic rings. The van der Waals surface area contributed by atoms with Crippen LogP contribution in [0.2, 0.25) is 0 Å². The average molecular weight is 197 g/mol. The summed E-state index contributed by atoms with van der Waals surface area (Å²) in [5.41, 5.74) is 0.133. The third-order valence-electron chi connectivity index (χ3n) is 1.56. The molecule has 0 aliphatic rings. The number of carbonyl (C=O) groups excluding carboxylic acids is 1. The Kier molecular flexibility index (Phi) is 3.84. The first-order valence-electron chi connectivity index (χ1n) is 4.38. The molecule has 76 valence electrons. The Morgan fingerprint density at radius 3 is 3.07 bits per heavy atom. The van der Waals surface area contributed by atoms with Crippen LogP contribution < -0.4 is 10.6 Å². The molecule has 2 N–H and O–H groups in total.